The smallest absolute Gasteiger partial charge is 0.248 e. The molecule has 0 radical (unpaired) electrons. The molecule has 0 aliphatic carbocycles. The van der Waals surface area contributed by atoms with Crippen LogP contribution in [0.2, 0.25) is 0 Å². The third-order valence-electron chi connectivity index (χ3n) is 2.25. The first-order valence-electron chi connectivity index (χ1n) is 5.10. The molecule has 15 heavy (non-hydrogen) atoms. The summed E-state index contributed by atoms with van der Waals surface area (Å²) in [7, 11) is 0. The van der Waals surface area contributed by atoms with Gasteiger partial charge in [-0.25, -0.2) is 0 Å². The Morgan fingerprint density at radius 3 is 2.53 bits per heavy atom. The lowest BCUT2D eigenvalue weighted by Gasteiger charge is -2.11. The Hall–Kier alpha value is -1.51. The maximum Gasteiger partial charge on any atom is 0.248 e. The number of nitrogens with two attached hydrogens (primary N) is 1. The molecule has 0 unspecified atom stereocenters. The predicted molar refractivity (Wildman–Crippen MR) is 60.2 cm³/mol. The SMILES string of the molecule is CCCOc1cc(C)c(C(N)=O)cc1C. The largest absolute Gasteiger partial charge is 0.493 e. The summed E-state index contributed by atoms with van der Waals surface area (Å²) < 4.78 is 5.55. The molecule has 3 heteroatoms. The quantitative estimate of drug-likeness (QED) is 0.822. The first kappa shape index (κ1) is 11.6. The number of aryl methyl sites for hydroxylation is 2. The molecule has 0 aromatic heterocycles. The average Bonchev–Trinajstić information content (AvgIpc) is 2.18. The number of hydrogen-bond donors (Lipinski definition) is 1. The van der Waals surface area contributed by atoms with E-state index in [0.29, 0.717) is 12.2 Å². The highest BCUT2D eigenvalue weighted by atomic mass is 16.5. The van der Waals surface area contributed by atoms with Crippen molar-refractivity contribution in [1.29, 1.82) is 0 Å². The standard InChI is InChI=1S/C12H17NO2/c1-4-5-15-11-7-8(2)10(12(13)14)6-9(11)3/h6-7H,4-5H2,1-3H3,(H2,13,14). The number of primary amides is 1. The fourth-order valence-electron chi connectivity index (χ4n) is 1.42. The lowest BCUT2D eigenvalue weighted by atomic mass is 10.0. The number of amides is 1. The number of carbonyl (C=O) groups excluding carboxylic acids is 1. The number of hydrogen-bond acceptors (Lipinski definition) is 2. The second-order valence-electron chi connectivity index (χ2n) is 3.65. The van der Waals surface area contributed by atoms with E-state index < -0.39 is 5.91 Å². The summed E-state index contributed by atoms with van der Waals surface area (Å²) in [6.45, 7) is 6.52. The van der Waals surface area contributed by atoms with Crippen molar-refractivity contribution in [1.82, 2.24) is 0 Å². The minimum Gasteiger partial charge on any atom is -0.493 e. The molecule has 0 bridgehead atoms. The van der Waals surface area contributed by atoms with Gasteiger partial charge in [0, 0.05) is 5.56 Å². The van der Waals surface area contributed by atoms with Gasteiger partial charge >= 0.3 is 0 Å². The molecule has 1 aromatic rings. The molecule has 2 N–H and O–H groups in total. The van der Waals surface area contributed by atoms with Crippen molar-refractivity contribution in [3.8, 4) is 5.75 Å². The van der Waals surface area contributed by atoms with E-state index >= 15 is 0 Å². The normalized spacial score (nSPS) is 10.1. The Morgan fingerprint density at radius 1 is 1.33 bits per heavy atom. The van der Waals surface area contributed by atoms with Crippen LogP contribution >= 0.6 is 0 Å². The predicted octanol–water partition coefficient (Wildman–Crippen LogP) is 2.19. The monoisotopic (exact) mass is 207 g/mol. The zero-order valence-electron chi connectivity index (χ0n) is 9.46. The zero-order chi connectivity index (χ0) is 11.4. The van der Waals surface area contributed by atoms with Crippen LogP contribution in [0.3, 0.4) is 0 Å². The summed E-state index contributed by atoms with van der Waals surface area (Å²) >= 11 is 0. The van der Waals surface area contributed by atoms with Crippen LogP contribution in [0.25, 0.3) is 0 Å². The van der Waals surface area contributed by atoms with E-state index in [2.05, 4.69) is 6.92 Å². The highest BCUT2D eigenvalue weighted by Gasteiger charge is 2.09. The Bertz CT molecular complexity index is 372. The molecule has 1 aromatic carbocycles. The van der Waals surface area contributed by atoms with Crippen LogP contribution in [0.5, 0.6) is 5.75 Å². The van der Waals surface area contributed by atoms with E-state index in [0.717, 1.165) is 23.3 Å². The first-order chi connectivity index (χ1) is 7.06. The van der Waals surface area contributed by atoms with Gasteiger partial charge in [-0.2, -0.15) is 0 Å². The van der Waals surface area contributed by atoms with Crippen molar-refractivity contribution in [2.75, 3.05) is 6.61 Å². The number of rotatable bonds is 4. The Balaban J connectivity index is 3.02. The summed E-state index contributed by atoms with van der Waals surface area (Å²) in [5.41, 5.74) is 7.63. The molecule has 0 spiro atoms. The number of ether oxygens (including phenoxy) is 1. The summed E-state index contributed by atoms with van der Waals surface area (Å²) in [4.78, 5) is 11.1. The fraction of sp³-hybridized carbons (Fsp3) is 0.417. The summed E-state index contributed by atoms with van der Waals surface area (Å²) in [5.74, 6) is 0.442. The summed E-state index contributed by atoms with van der Waals surface area (Å²) in [6, 6.07) is 3.65. The van der Waals surface area contributed by atoms with Gasteiger partial charge in [0.2, 0.25) is 5.91 Å². The van der Waals surface area contributed by atoms with E-state index in [1.54, 1.807) is 6.07 Å². The van der Waals surface area contributed by atoms with Gasteiger partial charge in [-0.15, -0.1) is 0 Å². The number of carbonyl (C=O) groups is 1. The molecule has 0 fully saturated rings. The Kier molecular flexibility index (Phi) is 3.72. The third kappa shape index (κ3) is 2.72. The van der Waals surface area contributed by atoms with Gasteiger partial charge in [0.25, 0.3) is 0 Å². The molecule has 3 nitrogen and oxygen atoms in total. The van der Waals surface area contributed by atoms with Crippen molar-refractivity contribution in [3.63, 3.8) is 0 Å². The molecule has 0 saturated heterocycles. The van der Waals surface area contributed by atoms with Crippen LogP contribution in [0.1, 0.15) is 34.8 Å². The lowest BCUT2D eigenvalue weighted by Crippen LogP contribution is -2.13. The summed E-state index contributed by atoms with van der Waals surface area (Å²) in [5, 5.41) is 0. The van der Waals surface area contributed by atoms with Crippen LogP contribution in [0, 0.1) is 13.8 Å². The van der Waals surface area contributed by atoms with Crippen molar-refractivity contribution >= 4 is 5.91 Å². The van der Waals surface area contributed by atoms with Gasteiger partial charge in [-0.1, -0.05) is 6.92 Å². The number of benzene rings is 1. The molecule has 0 atom stereocenters. The van der Waals surface area contributed by atoms with Gasteiger partial charge in [0.05, 0.1) is 6.61 Å². The van der Waals surface area contributed by atoms with Crippen LogP contribution in [-0.2, 0) is 0 Å². The molecule has 0 heterocycles. The van der Waals surface area contributed by atoms with Crippen LogP contribution in [0.4, 0.5) is 0 Å². The van der Waals surface area contributed by atoms with E-state index in [9.17, 15) is 4.79 Å². The lowest BCUT2D eigenvalue weighted by molar-refractivity contribution is 0.0999. The van der Waals surface area contributed by atoms with Crippen LogP contribution in [-0.4, -0.2) is 12.5 Å². The summed E-state index contributed by atoms with van der Waals surface area (Å²) in [6.07, 6.45) is 0.968. The zero-order valence-corrected chi connectivity index (χ0v) is 9.46. The van der Waals surface area contributed by atoms with E-state index in [1.807, 2.05) is 19.9 Å². The topological polar surface area (TPSA) is 52.3 Å². The highest BCUT2D eigenvalue weighted by molar-refractivity contribution is 5.94. The Labute approximate surface area is 90.2 Å². The Morgan fingerprint density at radius 2 is 2.00 bits per heavy atom. The van der Waals surface area contributed by atoms with Crippen LogP contribution < -0.4 is 10.5 Å². The average molecular weight is 207 g/mol. The highest BCUT2D eigenvalue weighted by Crippen LogP contribution is 2.22. The maximum absolute atomic E-state index is 11.1. The molecule has 0 aliphatic rings. The second kappa shape index (κ2) is 4.82. The van der Waals surface area contributed by atoms with Gasteiger partial charge in [0.1, 0.15) is 5.75 Å². The first-order valence-corrected chi connectivity index (χ1v) is 5.10. The third-order valence-corrected chi connectivity index (χ3v) is 2.25. The van der Waals surface area contributed by atoms with Gasteiger partial charge in [-0.3, -0.25) is 4.79 Å². The molecular formula is C12H17NO2. The molecule has 0 saturated carbocycles. The van der Waals surface area contributed by atoms with E-state index in [4.69, 9.17) is 10.5 Å². The van der Waals surface area contributed by atoms with Crippen LogP contribution in [0.15, 0.2) is 12.1 Å². The van der Waals surface area contributed by atoms with Gasteiger partial charge < -0.3 is 10.5 Å². The minimum atomic E-state index is -0.391. The van der Waals surface area contributed by atoms with Crippen molar-refractivity contribution < 1.29 is 9.53 Å². The van der Waals surface area contributed by atoms with Gasteiger partial charge in [-0.05, 0) is 43.5 Å². The molecule has 82 valence electrons. The van der Waals surface area contributed by atoms with Crippen molar-refractivity contribution in [3.05, 3.63) is 28.8 Å². The van der Waals surface area contributed by atoms with Crippen molar-refractivity contribution in [2.24, 2.45) is 5.73 Å². The molecule has 1 rings (SSSR count). The molecule has 1 amide bonds. The molecular weight excluding hydrogens is 190 g/mol. The van der Waals surface area contributed by atoms with E-state index in [1.165, 1.54) is 0 Å². The fourth-order valence-corrected chi connectivity index (χ4v) is 1.42. The van der Waals surface area contributed by atoms with E-state index in [-0.39, 0.29) is 0 Å². The van der Waals surface area contributed by atoms with Crippen molar-refractivity contribution in [2.45, 2.75) is 27.2 Å². The second-order valence-corrected chi connectivity index (χ2v) is 3.65. The molecule has 0 aliphatic heterocycles. The maximum atomic E-state index is 11.1. The van der Waals surface area contributed by atoms with Gasteiger partial charge in [0.15, 0.2) is 0 Å². The minimum absolute atomic E-state index is 0.391.